The first-order valence-corrected chi connectivity index (χ1v) is 8.59. The average molecular weight is 390 g/mol. The van der Waals surface area contributed by atoms with Crippen LogP contribution in [0.15, 0.2) is 30.3 Å². The summed E-state index contributed by atoms with van der Waals surface area (Å²) in [6, 6.07) is 6.96. The first-order chi connectivity index (χ1) is 13.0. The van der Waals surface area contributed by atoms with Crippen LogP contribution in [0.1, 0.15) is 39.2 Å². The molecule has 0 spiro atoms. The van der Waals surface area contributed by atoms with Crippen LogP contribution in [0.5, 0.6) is 0 Å². The zero-order valence-electron chi connectivity index (χ0n) is 16.0. The lowest BCUT2D eigenvalue weighted by molar-refractivity contribution is -0.150. The zero-order valence-corrected chi connectivity index (χ0v) is 16.0. The van der Waals surface area contributed by atoms with Gasteiger partial charge in [0, 0.05) is 6.42 Å². The number of carboxylic acids is 1. The van der Waals surface area contributed by atoms with Crippen molar-refractivity contribution in [2.45, 2.75) is 51.7 Å². The highest BCUT2D eigenvalue weighted by Gasteiger charge is 2.37. The number of amides is 2. The van der Waals surface area contributed by atoms with Crippen molar-refractivity contribution < 1.29 is 33.8 Å². The minimum atomic E-state index is -1.59. The highest BCUT2D eigenvalue weighted by Crippen LogP contribution is 2.17. The molecule has 1 aromatic carbocycles. The SMILES string of the molecule is CC(C)(C)OC(=O)N(C(=O)Cc1ccccc1)C(CCC(=O)C=[N+]=N)C(=O)O. The number of ketones is 1. The molecule has 0 aromatic heterocycles. The fraction of sp³-hybridized carbons (Fsp3) is 0.421. The molecular weight excluding hydrogens is 366 g/mol. The molecule has 0 aliphatic carbocycles. The predicted molar refractivity (Wildman–Crippen MR) is 97.9 cm³/mol. The van der Waals surface area contributed by atoms with Gasteiger partial charge in [0.25, 0.3) is 0 Å². The van der Waals surface area contributed by atoms with Gasteiger partial charge in [-0.05, 0) is 32.8 Å². The number of nitrogens with one attached hydrogen (secondary N) is 1. The van der Waals surface area contributed by atoms with Gasteiger partial charge in [0.05, 0.1) is 16.7 Å². The first kappa shape index (κ1) is 22.7. The van der Waals surface area contributed by atoms with E-state index in [1.54, 1.807) is 51.1 Å². The number of carbonyl (C=O) groups excluding carboxylic acids is 3. The number of carboxylic acid groups (broad SMARTS) is 1. The monoisotopic (exact) mass is 390 g/mol. The Hall–Kier alpha value is -3.32. The molecule has 1 rings (SSSR count). The Kier molecular flexibility index (Phi) is 8.22. The van der Waals surface area contributed by atoms with Crippen molar-refractivity contribution in [1.82, 2.24) is 4.90 Å². The number of carbonyl (C=O) groups is 4. The van der Waals surface area contributed by atoms with Crippen molar-refractivity contribution in [2.24, 2.45) is 0 Å². The molecule has 2 amide bonds. The molecule has 0 aliphatic rings. The van der Waals surface area contributed by atoms with Gasteiger partial charge < -0.3 is 9.84 Å². The third-order valence-electron chi connectivity index (χ3n) is 3.53. The number of ether oxygens (including phenoxy) is 1. The van der Waals surface area contributed by atoms with Gasteiger partial charge in [-0.25, -0.2) is 14.5 Å². The van der Waals surface area contributed by atoms with Gasteiger partial charge in [-0.3, -0.25) is 9.59 Å². The van der Waals surface area contributed by atoms with Crippen molar-refractivity contribution >= 4 is 30.0 Å². The number of imide groups is 1. The van der Waals surface area contributed by atoms with Crippen LogP contribution in [0, 0.1) is 5.53 Å². The first-order valence-electron chi connectivity index (χ1n) is 8.59. The topological polar surface area (TPSA) is 139 Å². The van der Waals surface area contributed by atoms with Crippen LogP contribution >= 0.6 is 0 Å². The molecule has 2 N–H and O–H groups in total. The molecule has 1 aromatic rings. The van der Waals surface area contributed by atoms with Gasteiger partial charge in [-0.1, -0.05) is 30.3 Å². The summed E-state index contributed by atoms with van der Waals surface area (Å²) in [5.74, 6) is -2.78. The largest absolute Gasteiger partial charge is 0.480 e. The van der Waals surface area contributed by atoms with E-state index >= 15 is 0 Å². The number of aliphatic carboxylic acids is 1. The molecule has 9 nitrogen and oxygen atoms in total. The molecule has 9 heteroatoms. The predicted octanol–water partition coefficient (Wildman–Crippen LogP) is 2.11. The van der Waals surface area contributed by atoms with Crippen LogP contribution in [-0.4, -0.2) is 56.4 Å². The summed E-state index contributed by atoms with van der Waals surface area (Å²) in [7, 11) is 0. The van der Waals surface area contributed by atoms with Crippen LogP contribution < -0.4 is 0 Å². The summed E-state index contributed by atoms with van der Waals surface area (Å²) in [6.45, 7) is 4.78. The van der Waals surface area contributed by atoms with Crippen molar-refractivity contribution in [3.8, 4) is 0 Å². The third kappa shape index (κ3) is 7.51. The third-order valence-corrected chi connectivity index (χ3v) is 3.53. The van der Waals surface area contributed by atoms with Crippen molar-refractivity contribution in [3.05, 3.63) is 35.9 Å². The number of hydrogen-bond acceptors (Lipinski definition) is 6. The number of rotatable bonds is 8. The van der Waals surface area contributed by atoms with Crippen LogP contribution in [0.2, 0.25) is 0 Å². The molecule has 1 atom stereocenters. The minimum absolute atomic E-state index is 0.202. The number of hydrogen-bond donors (Lipinski definition) is 2. The maximum absolute atomic E-state index is 12.8. The molecule has 28 heavy (non-hydrogen) atoms. The lowest BCUT2D eigenvalue weighted by Gasteiger charge is -2.30. The molecule has 0 heterocycles. The van der Waals surface area contributed by atoms with E-state index in [-0.39, 0.29) is 19.3 Å². The Labute approximate surface area is 162 Å². The van der Waals surface area contributed by atoms with E-state index in [1.807, 2.05) is 0 Å². The van der Waals surface area contributed by atoms with Gasteiger partial charge in [0.1, 0.15) is 11.6 Å². The second-order valence-electron chi connectivity index (χ2n) is 7.02. The quantitative estimate of drug-likeness (QED) is 0.396. The van der Waals surface area contributed by atoms with E-state index in [9.17, 15) is 24.3 Å². The maximum atomic E-state index is 12.8. The second-order valence-corrected chi connectivity index (χ2v) is 7.02. The standard InChI is InChI=1S/C19H23N3O6/c1-19(2,3)28-18(27)22(16(24)11-13-7-5-4-6-8-13)15(17(25)26)10-9-14(23)12-21-20/h4-8,12,15,20H,9-11H2,1-3H3/p+1. The lowest BCUT2D eigenvalue weighted by Crippen LogP contribution is -2.51. The van der Waals surface area contributed by atoms with Gasteiger partial charge in [0.2, 0.25) is 11.7 Å². The highest BCUT2D eigenvalue weighted by atomic mass is 16.6. The fourth-order valence-corrected chi connectivity index (χ4v) is 2.35. The van der Waals surface area contributed by atoms with E-state index < -0.39 is 35.4 Å². The Morgan fingerprint density at radius 1 is 1.21 bits per heavy atom. The molecule has 1 unspecified atom stereocenters. The van der Waals surface area contributed by atoms with E-state index in [2.05, 4.69) is 4.79 Å². The summed E-state index contributed by atoms with van der Waals surface area (Å²) in [6.07, 6.45) is -1.17. The van der Waals surface area contributed by atoms with Crippen LogP contribution in [0.3, 0.4) is 0 Å². The Balaban J connectivity index is 3.15. The van der Waals surface area contributed by atoms with Crippen molar-refractivity contribution in [3.63, 3.8) is 0 Å². The van der Waals surface area contributed by atoms with Gasteiger partial charge in [0.15, 0.2) is 0 Å². The van der Waals surface area contributed by atoms with Crippen LogP contribution in [-0.2, 0) is 25.5 Å². The van der Waals surface area contributed by atoms with E-state index in [0.717, 1.165) is 6.21 Å². The molecule has 0 saturated heterocycles. The van der Waals surface area contributed by atoms with Gasteiger partial charge in [-0.2, -0.15) is 0 Å². The van der Waals surface area contributed by atoms with E-state index in [0.29, 0.717) is 10.5 Å². The van der Waals surface area contributed by atoms with Crippen molar-refractivity contribution in [1.29, 1.82) is 5.53 Å². The van der Waals surface area contributed by atoms with Crippen molar-refractivity contribution in [2.75, 3.05) is 0 Å². The molecular formula is C19H24N3O6+. The lowest BCUT2D eigenvalue weighted by atomic mass is 10.1. The summed E-state index contributed by atoms with van der Waals surface area (Å²) >= 11 is 0. The summed E-state index contributed by atoms with van der Waals surface area (Å²) < 4.78 is 5.21. The molecule has 0 aliphatic heterocycles. The van der Waals surface area contributed by atoms with Gasteiger partial charge in [-0.15, -0.1) is 0 Å². The smallest absolute Gasteiger partial charge is 0.417 e. The minimum Gasteiger partial charge on any atom is -0.480 e. The summed E-state index contributed by atoms with van der Waals surface area (Å²) in [4.78, 5) is 52.1. The summed E-state index contributed by atoms with van der Waals surface area (Å²) in [5.41, 5.74) is 6.30. The summed E-state index contributed by atoms with van der Waals surface area (Å²) in [5, 5.41) is 9.57. The number of nitrogens with zero attached hydrogens (tertiary/aromatic N) is 2. The number of Topliss-reactive ketones (excluding diaryl/α,β-unsaturated/α-hetero) is 1. The average Bonchev–Trinajstić information content (AvgIpc) is 2.57. The van der Waals surface area contributed by atoms with Crippen LogP contribution in [0.25, 0.3) is 0 Å². The maximum Gasteiger partial charge on any atom is 0.417 e. The fourth-order valence-electron chi connectivity index (χ4n) is 2.35. The van der Waals surface area contributed by atoms with E-state index in [4.69, 9.17) is 10.3 Å². The Morgan fingerprint density at radius 2 is 1.82 bits per heavy atom. The molecule has 0 bridgehead atoms. The second kappa shape index (κ2) is 10.1. The highest BCUT2D eigenvalue weighted by molar-refractivity contribution is 6.25. The normalized spacial score (nSPS) is 11.7. The zero-order chi connectivity index (χ0) is 21.3. The molecule has 0 saturated carbocycles. The molecule has 0 fully saturated rings. The Morgan fingerprint density at radius 3 is 2.32 bits per heavy atom. The van der Waals surface area contributed by atoms with Crippen LogP contribution in [0.4, 0.5) is 4.79 Å². The molecule has 150 valence electrons. The van der Waals surface area contributed by atoms with E-state index in [1.165, 1.54) is 0 Å². The Bertz CT molecular complexity index is 779. The molecule has 0 radical (unpaired) electrons. The number of benzene rings is 1. The van der Waals surface area contributed by atoms with Gasteiger partial charge >= 0.3 is 18.3 Å².